The fraction of sp³-hybridized carbons (Fsp3) is 0.312. The first-order valence-corrected chi connectivity index (χ1v) is 6.55. The second-order valence-corrected chi connectivity index (χ2v) is 4.61. The number of rotatable bonds is 5. The molecule has 0 atom stereocenters. The first-order valence-electron chi connectivity index (χ1n) is 6.55. The van der Waals surface area contributed by atoms with Crippen LogP contribution in [0.4, 0.5) is 8.78 Å². The van der Waals surface area contributed by atoms with Gasteiger partial charge in [-0.05, 0) is 29.7 Å². The molecule has 0 spiro atoms. The molecule has 0 heterocycles. The highest BCUT2D eigenvalue weighted by Crippen LogP contribution is 2.24. The van der Waals surface area contributed by atoms with Crippen LogP contribution in [-0.4, -0.2) is 18.5 Å². The molecule has 0 amide bonds. The number of hydrogen-bond acceptors (Lipinski definition) is 2. The molecule has 2 aromatic rings. The van der Waals surface area contributed by atoms with Gasteiger partial charge in [-0.15, -0.1) is 0 Å². The smallest absolute Gasteiger partial charge is 0.376 e. The highest BCUT2D eigenvalue weighted by molar-refractivity contribution is 5.83. The van der Waals surface area contributed by atoms with Crippen molar-refractivity contribution < 1.29 is 18.3 Å². The Hall–Kier alpha value is -1.97. The maximum absolute atomic E-state index is 13.5. The van der Waals surface area contributed by atoms with Crippen molar-refractivity contribution in [1.29, 1.82) is 0 Å². The van der Waals surface area contributed by atoms with Gasteiger partial charge in [0.25, 0.3) is 0 Å². The third kappa shape index (κ3) is 3.32. The molecule has 0 bridgehead atoms. The predicted molar refractivity (Wildman–Crippen MR) is 73.8 cm³/mol. The summed E-state index contributed by atoms with van der Waals surface area (Å²) in [5, 5.41) is 2.07. The van der Waals surface area contributed by atoms with Gasteiger partial charge in [0.05, 0.1) is 6.61 Å². The summed E-state index contributed by atoms with van der Waals surface area (Å²) in [5.41, 5.74) is 0.785. The Bertz CT molecular complexity index is 608. The van der Waals surface area contributed by atoms with Gasteiger partial charge < -0.3 is 4.74 Å². The van der Waals surface area contributed by atoms with E-state index >= 15 is 0 Å². The lowest BCUT2D eigenvalue weighted by molar-refractivity contribution is -0.172. The minimum Gasteiger partial charge on any atom is -0.462 e. The molecule has 0 saturated heterocycles. The zero-order valence-electron chi connectivity index (χ0n) is 11.2. The largest absolute Gasteiger partial charge is 0.462 e. The predicted octanol–water partition coefficient (Wildman–Crippen LogP) is 3.97. The number of ether oxygens (including phenoxy) is 1. The second-order valence-electron chi connectivity index (χ2n) is 4.61. The van der Waals surface area contributed by atoms with Crippen molar-refractivity contribution in [3.63, 3.8) is 0 Å². The normalized spacial score (nSPS) is 11.6. The monoisotopic (exact) mass is 278 g/mol. The molecule has 0 N–H and O–H groups in total. The fourth-order valence-electron chi connectivity index (χ4n) is 2.03. The summed E-state index contributed by atoms with van der Waals surface area (Å²) >= 11 is 0. The number of aryl methyl sites for hydroxylation is 1. The van der Waals surface area contributed by atoms with Gasteiger partial charge in [0.15, 0.2) is 0 Å². The van der Waals surface area contributed by atoms with Crippen molar-refractivity contribution in [2.24, 2.45) is 0 Å². The molecule has 0 fully saturated rings. The van der Waals surface area contributed by atoms with Gasteiger partial charge in [-0.1, -0.05) is 42.5 Å². The molecule has 2 nitrogen and oxygen atoms in total. The zero-order chi connectivity index (χ0) is 14.6. The van der Waals surface area contributed by atoms with E-state index < -0.39 is 18.3 Å². The van der Waals surface area contributed by atoms with E-state index in [1.807, 2.05) is 42.5 Å². The SMILES string of the molecule is CCOC(=O)C(F)(F)CCc1ccc2ccccc2c1. The molecule has 2 rings (SSSR count). The average molecular weight is 278 g/mol. The van der Waals surface area contributed by atoms with Crippen LogP contribution in [-0.2, 0) is 16.0 Å². The molecule has 0 radical (unpaired) electrons. The van der Waals surface area contributed by atoms with E-state index in [4.69, 9.17) is 0 Å². The van der Waals surface area contributed by atoms with Crippen LogP contribution in [0.25, 0.3) is 10.8 Å². The van der Waals surface area contributed by atoms with E-state index in [2.05, 4.69) is 4.74 Å². The standard InChI is InChI=1S/C16H16F2O2/c1-2-20-15(19)16(17,18)10-9-12-7-8-13-5-3-4-6-14(13)11-12/h3-8,11H,2,9-10H2,1H3. The number of alkyl halides is 2. The van der Waals surface area contributed by atoms with E-state index in [0.29, 0.717) is 0 Å². The first-order chi connectivity index (χ1) is 9.53. The van der Waals surface area contributed by atoms with Gasteiger partial charge in [-0.25, -0.2) is 4.79 Å². The molecular formula is C16H16F2O2. The summed E-state index contributed by atoms with van der Waals surface area (Å²) in [6, 6.07) is 13.3. The molecule has 0 aromatic heterocycles. The number of carbonyl (C=O) groups is 1. The third-order valence-electron chi connectivity index (χ3n) is 3.12. The molecule has 0 aliphatic carbocycles. The maximum Gasteiger partial charge on any atom is 0.376 e. The topological polar surface area (TPSA) is 26.3 Å². The Morgan fingerprint density at radius 2 is 1.85 bits per heavy atom. The molecular weight excluding hydrogens is 262 g/mol. The van der Waals surface area contributed by atoms with Gasteiger partial charge >= 0.3 is 11.9 Å². The van der Waals surface area contributed by atoms with Gasteiger partial charge in [0, 0.05) is 6.42 Å². The van der Waals surface area contributed by atoms with Crippen molar-refractivity contribution in [1.82, 2.24) is 0 Å². The van der Waals surface area contributed by atoms with Gasteiger partial charge in [-0.2, -0.15) is 8.78 Å². The maximum atomic E-state index is 13.5. The van der Waals surface area contributed by atoms with E-state index in [0.717, 1.165) is 16.3 Å². The highest BCUT2D eigenvalue weighted by atomic mass is 19.3. The summed E-state index contributed by atoms with van der Waals surface area (Å²) in [6.45, 7) is 1.47. The summed E-state index contributed by atoms with van der Waals surface area (Å²) in [4.78, 5) is 11.1. The van der Waals surface area contributed by atoms with Crippen molar-refractivity contribution in [3.05, 3.63) is 48.0 Å². The lowest BCUT2D eigenvalue weighted by Gasteiger charge is -2.14. The van der Waals surface area contributed by atoms with E-state index in [-0.39, 0.29) is 13.0 Å². The van der Waals surface area contributed by atoms with Crippen LogP contribution in [0.5, 0.6) is 0 Å². The molecule has 0 unspecified atom stereocenters. The van der Waals surface area contributed by atoms with Crippen LogP contribution < -0.4 is 0 Å². The van der Waals surface area contributed by atoms with Crippen molar-refractivity contribution >= 4 is 16.7 Å². The van der Waals surface area contributed by atoms with Gasteiger partial charge in [-0.3, -0.25) is 0 Å². The Morgan fingerprint density at radius 1 is 1.15 bits per heavy atom. The van der Waals surface area contributed by atoms with E-state index in [1.54, 1.807) is 0 Å². The third-order valence-corrected chi connectivity index (χ3v) is 3.12. The quantitative estimate of drug-likeness (QED) is 0.773. The number of fused-ring (bicyclic) bond motifs is 1. The minimum atomic E-state index is -3.43. The number of carbonyl (C=O) groups excluding carboxylic acids is 1. The Morgan fingerprint density at radius 3 is 2.55 bits per heavy atom. The molecule has 106 valence electrons. The Kier molecular flexibility index (Phi) is 4.32. The van der Waals surface area contributed by atoms with Crippen molar-refractivity contribution in [2.45, 2.75) is 25.7 Å². The van der Waals surface area contributed by atoms with Gasteiger partial charge in [0.1, 0.15) is 0 Å². The Labute approximate surface area is 116 Å². The number of hydrogen-bond donors (Lipinski definition) is 0. The average Bonchev–Trinajstić information content (AvgIpc) is 2.45. The molecule has 0 saturated carbocycles. The molecule has 2 aromatic carbocycles. The highest BCUT2D eigenvalue weighted by Gasteiger charge is 2.39. The van der Waals surface area contributed by atoms with E-state index in [9.17, 15) is 13.6 Å². The second kappa shape index (κ2) is 5.99. The molecule has 0 aliphatic rings. The molecule has 4 heteroatoms. The molecule has 20 heavy (non-hydrogen) atoms. The summed E-state index contributed by atoms with van der Waals surface area (Å²) in [6.07, 6.45) is -0.402. The lowest BCUT2D eigenvalue weighted by Crippen LogP contribution is -2.31. The van der Waals surface area contributed by atoms with Crippen LogP contribution >= 0.6 is 0 Å². The molecule has 0 aliphatic heterocycles. The number of benzene rings is 2. The summed E-state index contributed by atoms with van der Waals surface area (Å²) in [5.74, 6) is -4.87. The Balaban J connectivity index is 2.07. The summed E-state index contributed by atoms with van der Waals surface area (Å²) < 4.78 is 31.4. The lowest BCUT2D eigenvalue weighted by atomic mass is 10.0. The van der Waals surface area contributed by atoms with Crippen LogP contribution in [0.2, 0.25) is 0 Å². The van der Waals surface area contributed by atoms with Crippen molar-refractivity contribution in [3.8, 4) is 0 Å². The fourth-order valence-corrected chi connectivity index (χ4v) is 2.03. The minimum absolute atomic E-state index is 0.0373. The van der Waals surface area contributed by atoms with Crippen LogP contribution in [0.15, 0.2) is 42.5 Å². The van der Waals surface area contributed by atoms with Crippen molar-refractivity contribution in [2.75, 3.05) is 6.61 Å². The number of esters is 1. The van der Waals surface area contributed by atoms with Crippen LogP contribution in [0.1, 0.15) is 18.9 Å². The van der Waals surface area contributed by atoms with Gasteiger partial charge in [0.2, 0.25) is 0 Å². The zero-order valence-corrected chi connectivity index (χ0v) is 11.2. The van der Waals surface area contributed by atoms with Crippen LogP contribution in [0, 0.1) is 0 Å². The summed E-state index contributed by atoms with van der Waals surface area (Å²) in [7, 11) is 0. The number of halogens is 2. The van der Waals surface area contributed by atoms with E-state index in [1.165, 1.54) is 6.92 Å². The first kappa shape index (κ1) is 14.4. The van der Waals surface area contributed by atoms with Crippen LogP contribution in [0.3, 0.4) is 0 Å².